The van der Waals surface area contributed by atoms with Crippen LogP contribution in [0, 0.1) is 0 Å². The van der Waals surface area contributed by atoms with Crippen LogP contribution in [0.3, 0.4) is 0 Å². The van der Waals surface area contributed by atoms with Crippen molar-refractivity contribution in [3.8, 4) is 0 Å². The van der Waals surface area contributed by atoms with Crippen molar-refractivity contribution in [1.29, 1.82) is 0 Å². The number of aldehydes is 1. The summed E-state index contributed by atoms with van der Waals surface area (Å²) in [5.41, 5.74) is 0. The zero-order chi connectivity index (χ0) is 23.5. The monoisotopic (exact) mass is 452 g/mol. The molecule has 0 bridgehead atoms. The van der Waals surface area contributed by atoms with Crippen LogP contribution in [-0.4, -0.2) is 42.5 Å². The van der Waals surface area contributed by atoms with Gasteiger partial charge in [-0.05, 0) is 19.3 Å². The molecule has 3 heteroatoms. The average molecular weight is 453 g/mol. The van der Waals surface area contributed by atoms with Gasteiger partial charge in [-0.1, -0.05) is 136 Å². The summed E-state index contributed by atoms with van der Waals surface area (Å²) >= 11 is 0. The Morgan fingerprint density at radius 2 is 0.688 bits per heavy atom. The fraction of sp³-hybridized carbons (Fsp3) is 0.966. The molecule has 0 aliphatic carbocycles. The molecule has 0 radical (unpaired) electrons. The zero-order valence-electron chi connectivity index (χ0n) is 22.6. The molecule has 0 saturated carbocycles. The SMILES string of the molecule is CCCCCCCCCN(CC=O)N(CCCCCCCCC)CCCCCCCCC. The molecule has 192 valence electrons. The number of hydrogen-bond acceptors (Lipinski definition) is 3. The van der Waals surface area contributed by atoms with Crippen LogP contribution in [0.2, 0.25) is 0 Å². The van der Waals surface area contributed by atoms with Crippen molar-refractivity contribution < 1.29 is 4.79 Å². The minimum Gasteiger partial charge on any atom is -0.302 e. The van der Waals surface area contributed by atoms with Crippen molar-refractivity contribution in [3.05, 3.63) is 0 Å². The number of rotatable bonds is 27. The summed E-state index contributed by atoms with van der Waals surface area (Å²) < 4.78 is 0. The summed E-state index contributed by atoms with van der Waals surface area (Å²) in [5.74, 6) is 0. The number of carbonyl (C=O) groups excluding carboxylic acids is 1. The summed E-state index contributed by atoms with van der Waals surface area (Å²) in [6.45, 7) is 10.7. The van der Waals surface area contributed by atoms with Crippen LogP contribution in [-0.2, 0) is 4.79 Å². The standard InChI is InChI=1S/C29H60N2O/c1-4-7-10-13-16-19-22-25-30(26-23-20-17-14-11-8-5-2)31(28-29-32)27-24-21-18-15-12-9-6-3/h29H,4-28H2,1-3H3. The Bertz CT molecular complexity index is 343. The van der Waals surface area contributed by atoms with Crippen molar-refractivity contribution in [2.24, 2.45) is 0 Å². The molecule has 0 fully saturated rings. The molecule has 0 rings (SSSR count). The zero-order valence-corrected chi connectivity index (χ0v) is 22.6. The molecule has 0 saturated heterocycles. The minimum absolute atomic E-state index is 0.572. The average Bonchev–Trinajstić information content (AvgIpc) is 2.80. The van der Waals surface area contributed by atoms with Crippen molar-refractivity contribution in [1.82, 2.24) is 10.0 Å². The quantitative estimate of drug-likeness (QED) is 0.0705. The Hall–Kier alpha value is -0.410. The van der Waals surface area contributed by atoms with E-state index in [1.165, 1.54) is 135 Å². The fourth-order valence-corrected chi connectivity index (χ4v) is 4.58. The van der Waals surface area contributed by atoms with Gasteiger partial charge in [0, 0.05) is 19.6 Å². The van der Waals surface area contributed by atoms with Gasteiger partial charge in [0.15, 0.2) is 0 Å². The van der Waals surface area contributed by atoms with Crippen LogP contribution in [0.15, 0.2) is 0 Å². The molecule has 0 aromatic carbocycles. The third-order valence-electron chi connectivity index (χ3n) is 6.74. The number of hydrazine groups is 1. The maximum atomic E-state index is 11.4. The Morgan fingerprint density at radius 3 is 1.00 bits per heavy atom. The van der Waals surface area contributed by atoms with E-state index < -0.39 is 0 Å². The summed E-state index contributed by atoms with van der Waals surface area (Å²) in [6, 6.07) is 0. The molecule has 0 amide bonds. The number of nitrogens with zero attached hydrogens (tertiary/aromatic N) is 2. The highest BCUT2D eigenvalue weighted by Crippen LogP contribution is 2.13. The van der Waals surface area contributed by atoms with E-state index in [1.54, 1.807) is 0 Å². The smallest absolute Gasteiger partial charge is 0.135 e. The minimum atomic E-state index is 0.572. The Balaban J connectivity index is 4.35. The van der Waals surface area contributed by atoms with Gasteiger partial charge in [-0.2, -0.15) is 0 Å². The highest BCUT2D eigenvalue weighted by molar-refractivity contribution is 5.51. The predicted molar refractivity (Wildman–Crippen MR) is 143 cm³/mol. The van der Waals surface area contributed by atoms with Gasteiger partial charge < -0.3 is 4.79 Å². The van der Waals surface area contributed by atoms with Crippen molar-refractivity contribution in [2.45, 2.75) is 156 Å². The van der Waals surface area contributed by atoms with Crippen molar-refractivity contribution in [3.63, 3.8) is 0 Å². The number of unbranched alkanes of at least 4 members (excludes halogenated alkanes) is 18. The Kier molecular flexibility index (Phi) is 26.5. The lowest BCUT2D eigenvalue weighted by Gasteiger charge is -2.34. The van der Waals surface area contributed by atoms with Gasteiger partial charge in [-0.25, -0.2) is 10.0 Å². The van der Waals surface area contributed by atoms with E-state index in [2.05, 4.69) is 30.8 Å². The van der Waals surface area contributed by atoms with Crippen LogP contribution in [0.1, 0.15) is 156 Å². The molecule has 0 heterocycles. The van der Waals surface area contributed by atoms with Crippen LogP contribution < -0.4 is 0 Å². The lowest BCUT2D eigenvalue weighted by atomic mass is 10.1. The second-order valence-electron chi connectivity index (χ2n) is 9.90. The van der Waals surface area contributed by atoms with Crippen LogP contribution in [0.5, 0.6) is 0 Å². The van der Waals surface area contributed by atoms with E-state index in [4.69, 9.17) is 0 Å². The van der Waals surface area contributed by atoms with Gasteiger partial charge in [0.05, 0.1) is 6.54 Å². The van der Waals surface area contributed by atoms with Gasteiger partial charge >= 0.3 is 0 Å². The first-order valence-corrected chi connectivity index (χ1v) is 14.7. The summed E-state index contributed by atoms with van der Waals surface area (Å²) in [4.78, 5) is 11.4. The van der Waals surface area contributed by atoms with Gasteiger partial charge in [0.1, 0.15) is 6.29 Å². The Labute approximate surface area is 203 Å². The number of carbonyl (C=O) groups is 1. The third kappa shape index (κ3) is 21.4. The molecule has 32 heavy (non-hydrogen) atoms. The van der Waals surface area contributed by atoms with Gasteiger partial charge in [0.25, 0.3) is 0 Å². The molecular formula is C29H60N2O. The Morgan fingerprint density at radius 1 is 0.406 bits per heavy atom. The van der Waals surface area contributed by atoms with E-state index >= 15 is 0 Å². The lowest BCUT2D eigenvalue weighted by Crippen LogP contribution is -2.45. The molecule has 0 N–H and O–H groups in total. The summed E-state index contributed by atoms with van der Waals surface area (Å²) in [5, 5.41) is 4.93. The molecule has 0 atom stereocenters. The van der Waals surface area contributed by atoms with Gasteiger partial charge in [-0.3, -0.25) is 0 Å². The van der Waals surface area contributed by atoms with Gasteiger partial charge in [-0.15, -0.1) is 0 Å². The molecule has 0 aliphatic rings. The normalized spacial score (nSPS) is 11.7. The molecule has 0 unspecified atom stereocenters. The van der Waals surface area contributed by atoms with Crippen molar-refractivity contribution in [2.75, 3.05) is 26.2 Å². The molecule has 0 aromatic rings. The molecule has 0 aromatic heterocycles. The van der Waals surface area contributed by atoms with E-state index in [0.717, 1.165) is 25.9 Å². The first-order valence-electron chi connectivity index (χ1n) is 14.7. The highest BCUT2D eigenvalue weighted by Gasteiger charge is 2.14. The van der Waals surface area contributed by atoms with E-state index in [-0.39, 0.29) is 0 Å². The predicted octanol–water partition coefficient (Wildman–Crippen LogP) is 8.96. The lowest BCUT2D eigenvalue weighted by molar-refractivity contribution is -0.114. The first kappa shape index (κ1) is 31.6. The second-order valence-corrected chi connectivity index (χ2v) is 9.90. The van der Waals surface area contributed by atoms with Crippen LogP contribution >= 0.6 is 0 Å². The summed E-state index contributed by atoms with van der Waals surface area (Å²) in [6.07, 6.45) is 29.4. The largest absolute Gasteiger partial charge is 0.302 e. The number of hydrogen-bond donors (Lipinski definition) is 0. The first-order chi connectivity index (χ1) is 15.8. The van der Waals surface area contributed by atoms with Gasteiger partial charge in [0.2, 0.25) is 0 Å². The van der Waals surface area contributed by atoms with Crippen molar-refractivity contribution >= 4 is 6.29 Å². The van der Waals surface area contributed by atoms with Crippen LogP contribution in [0.25, 0.3) is 0 Å². The summed E-state index contributed by atoms with van der Waals surface area (Å²) in [7, 11) is 0. The highest BCUT2D eigenvalue weighted by atomic mass is 16.1. The van der Waals surface area contributed by atoms with Crippen LogP contribution in [0.4, 0.5) is 0 Å². The van der Waals surface area contributed by atoms with E-state index in [9.17, 15) is 4.79 Å². The molecule has 0 spiro atoms. The maximum Gasteiger partial charge on any atom is 0.135 e. The molecule has 0 aliphatic heterocycles. The topological polar surface area (TPSA) is 23.6 Å². The molecule has 3 nitrogen and oxygen atoms in total. The third-order valence-corrected chi connectivity index (χ3v) is 6.74. The van der Waals surface area contributed by atoms with E-state index in [1.807, 2.05) is 0 Å². The fourth-order valence-electron chi connectivity index (χ4n) is 4.58. The van der Waals surface area contributed by atoms with E-state index in [0.29, 0.717) is 6.54 Å². The maximum absolute atomic E-state index is 11.4. The second kappa shape index (κ2) is 26.8. The molecular weight excluding hydrogens is 392 g/mol.